The van der Waals surface area contributed by atoms with Crippen molar-refractivity contribution >= 4 is 11.8 Å². The number of carbonyl (C=O) groups excluding carboxylic acids is 2. The fourth-order valence-electron chi connectivity index (χ4n) is 4.23. The molecule has 8 nitrogen and oxygen atoms in total. The molecule has 3 rings (SSSR count). The van der Waals surface area contributed by atoms with Gasteiger partial charge in [0.1, 0.15) is 6.54 Å². The highest BCUT2D eigenvalue weighted by Crippen LogP contribution is 2.40. The van der Waals surface area contributed by atoms with Gasteiger partial charge in [-0.1, -0.05) is 0 Å². The molecule has 0 aliphatic carbocycles. The summed E-state index contributed by atoms with van der Waals surface area (Å²) in [5.41, 5.74) is 0.474. The van der Waals surface area contributed by atoms with Gasteiger partial charge >= 0.3 is 5.69 Å². The number of likely N-dealkylation sites (tertiary alicyclic amines) is 2. The molecular weight excluding hydrogens is 348 g/mol. The molecule has 27 heavy (non-hydrogen) atoms. The largest absolute Gasteiger partial charge is 0.383 e. The number of rotatable bonds is 5. The molecule has 3 heterocycles. The molecule has 1 aromatic rings. The van der Waals surface area contributed by atoms with E-state index in [0.717, 1.165) is 19.4 Å². The smallest absolute Gasteiger partial charge is 0.348 e. The van der Waals surface area contributed by atoms with Crippen molar-refractivity contribution in [1.82, 2.24) is 19.4 Å². The predicted molar refractivity (Wildman–Crippen MR) is 99.3 cm³/mol. The van der Waals surface area contributed by atoms with Gasteiger partial charge in [-0.2, -0.15) is 4.98 Å². The lowest BCUT2D eigenvalue weighted by Gasteiger charge is -2.39. The van der Waals surface area contributed by atoms with Gasteiger partial charge in [-0.25, -0.2) is 4.79 Å². The Morgan fingerprint density at radius 1 is 1.26 bits per heavy atom. The molecule has 1 aromatic heterocycles. The van der Waals surface area contributed by atoms with E-state index in [0.29, 0.717) is 44.0 Å². The number of carbonyl (C=O) groups is 2. The molecule has 2 saturated heterocycles. The van der Waals surface area contributed by atoms with Crippen LogP contribution in [0.1, 0.15) is 30.7 Å². The minimum absolute atomic E-state index is 0.0321. The molecule has 0 N–H and O–H groups in total. The van der Waals surface area contributed by atoms with Crippen LogP contribution in [-0.2, 0) is 20.9 Å². The van der Waals surface area contributed by atoms with Crippen LogP contribution in [0, 0.1) is 19.3 Å². The van der Waals surface area contributed by atoms with Crippen LogP contribution < -0.4 is 5.69 Å². The Labute approximate surface area is 159 Å². The van der Waals surface area contributed by atoms with E-state index in [9.17, 15) is 14.4 Å². The first-order valence-corrected chi connectivity index (χ1v) is 9.47. The Hall–Kier alpha value is -2.22. The molecule has 148 valence electrons. The van der Waals surface area contributed by atoms with E-state index in [-0.39, 0.29) is 18.4 Å². The van der Waals surface area contributed by atoms with E-state index in [1.807, 2.05) is 4.90 Å². The van der Waals surface area contributed by atoms with Crippen molar-refractivity contribution in [2.75, 3.05) is 39.9 Å². The number of aryl methyl sites for hydroxylation is 2. The Morgan fingerprint density at radius 3 is 2.74 bits per heavy atom. The molecule has 0 radical (unpaired) electrons. The monoisotopic (exact) mass is 376 g/mol. The predicted octanol–water partition coefficient (Wildman–Crippen LogP) is 0.348. The van der Waals surface area contributed by atoms with Crippen LogP contribution >= 0.6 is 0 Å². The van der Waals surface area contributed by atoms with E-state index < -0.39 is 11.1 Å². The van der Waals surface area contributed by atoms with Crippen LogP contribution in [0.2, 0.25) is 0 Å². The molecular formula is C19H28N4O4. The van der Waals surface area contributed by atoms with Crippen LogP contribution in [-0.4, -0.2) is 71.1 Å². The zero-order valence-electron chi connectivity index (χ0n) is 16.4. The third-order valence-corrected chi connectivity index (χ3v) is 5.74. The number of hydrogen-bond acceptors (Lipinski definition) is 5. The SMILES string of the molecule is COCCN1CCC[C@@]2(CCN(C(=O)Cn3c(C)cc(C)nc3=O)C2)C1=O. The second-order valence-corrected chi connectivity index (χ2v) is 7.64. The first-order chi connectivity index (χ1) is 12.9. The van der Waals surface area contributed by atoms with Gasteiger partial charge in [-0.15, -0.1) is 0 Å². The first kappa shape index (κ1) is 19.5. The highest BCUT2D eigenvalue weighted by Gasteiger charge is 2.49. The maximum atomic E-state index is 13.0. The molecule has 0 unspecified atom stereocenters. The van der Waals surface area contributed by atoms with Crippen LogP contribution in [0.25, 0.3) is 0 Å². The lowest BCUT2D eigenvalue weighted by Crippen LogP contribution is -2.51. The summed E-state index contributed by atoms with van der Waals surface area (Å²) < 4.78 is 6.50. The van der Waals surface area contributed by atoms with Gasteiger partial charge in [0, 0.05) is 44.7 Å². The maximum Gasteiger partial charge on any atom is 0.348 e. The summed E-state index contributed by atoms with van der Waals surface area (Å²) in [7, 11) is 1.63. The van der Waals surface area contributed by atoms with Gasteiger partial charge in [0.05, 0.1) is 12.0 Å². The molecule has 0 bridgehead atoms. The topological polar surface area (TPSA) is 84.7 Å². The summed E-state index contributed by atoms with van der Waals surface area (Å²) in [6.07, 6.45) is 2.43. The molecule has 2 fully saturated rings. The summed E-state index contributed by atoms with van der Waals surface area (Å²) >= 11 is 0. The number of piperidine rings is 1. The normalized spacial score (nSPS) is 22.7. The van der Waals surface area contributed by atoms with Crippen LogP contribution in [0.4, 0.5) is 0 Å². The van der Waals surface area contributed by atoms with Crippen molar-refractivity contribution in [3.8, 4) is 0 Å². The van der Waals surface area contributed by atoms with Crippen molar-refractivity contribution in [2.24, 2.45) is 5.41 Å². The molecule has 1 spiro atoms. The Balaban J connectivity index is 1.69. The van der Waals surface area contributed by atoms with Crippen LogP contribution in [0.5, 0.6) is 0 Å². The molecule has 8 heteroatoms. The van der Waals surface area contributed by atoms with Gasteiger partial charge in [0.2, 0.25) is 11.8 Å². The molecule has 0 saturated carbocycles. The highest BCUT2D eigenvalue weighted by atomic mass is 16.5. The number of aromatic nitrogens is 2. The molecule has 2 aliphatic rings. The van der Waals surface area contributed by atoms with Gasteiger partial charge in [-0.3, -0.25) is 14.2 Å². The fraction of sp³-hybridized carbons (Fsp3) is 0.684. The third kappa shape index (κ3) is 3.90. The average Bonchev–Trinajstić information content (AvgIpc) is 3.04. The average molecular weight is 376 g/mol. The van der Waals surface area contributed by atoms with Crippen molar-refractivity contribution < 1.29 is 14.3 Å². The number of ether oxygens (including phenoxy) is 1. The summed E-state index contributed by atoms with van der Waals surface area (Å²) in [5, 5.41) is 0. The van der Waals surface area contributed by atoms with E-state index >= 15 is 0 Å². The number of methoxy groups -OCH3 is 1. The lowest BCUT2D eigenvalue weighted by atomic mass is 9.78. The Bertz CT molecular complexity index is 790. The minimum atomic E-state index is -0.479. The molecule has 1 atom stereocenters. The molecule has 2 amide bonds. The Kier molecular flexibility index (Phi) is 5.64. The van der Waals surface area contributed by atoms with Crippen LogP contribution in [0.3, 0.4) is 0 Å². The van der Waals surface area contributed by atoms with E-state index in [1.54, 1.807) is 31.9 Å². The van der Waals surface area contributed by atoms with Gasteiger partial charge < -0.3 is 14.5 Å². The van der Waals surface area contributed by atoms with Crippen molar-refractivity contribution in [2.45, 2.75) is 39.7 Å². The molecule has 2 aliphatic heterocycles. The number of hydrogen-bond donors (Lipinski definition) is 0. The lowest BCUT2D eigenvalue weighted by molar-refractivity contribution is -0.146. The van der Waals surface area contributed by atoms with Crippen LogP contribution in [0.15, 0.2) is 10.9 Å². The van der Waals surface area contributed by atoms with Crippen molar-refractivity contribution in [3.05, 3.63) is 27.9 Å². The van der Waals surface area contributed by atoms with Gasteiger partial charge in [0.15, 0.2) is 0 Å². The zero-order chi connectivity index (χ0) is 19.6. The minimum Gasteiger partial charge on any atom is -0.383 e. The second-order valence-electron chi connectivity index (χ2n) is 7.64. The molecule has 0 aromatic carbocycles. The summed E-state index contributed by atoms with van der Waals surface area (Å²) in [5.74, 6) is -0.00371. The summed E-state index contributed by atoms with van der Waals surface area (Å²) in [6, 6.07) is 1.79. The fourth-order valence-corrected chi connectivity index (χ4v) is 4.23. The number of nitrogens with zero attached hydrogens (tertiary/aromatic N) is 4. The van der Waals surface area contributed by atoms with E-state index in [2.05, 4.69) is 4.98 Å². The van der Waals surface area contributed by atoms with Gasteiger partial charge in [0.25, 0.3) is 0 Å². The second kappa shape index (κ2) is 7.80. The number of amides is 2. The van der Waals surface area contributed by atoms with E-state index in [4.69, 9.17) is 4.74 Å². The van der Waals surface area contributed by atoms with Crippen molar-refractivity contribution in [3.63, 3.8) is 0 Å². The summed E-state index contributed by atoms with van der Waals surface area (Å²) in [6.45, 7) is 6.37. The highest BCUT2D eigenvalue weighted by molar-refractivity contribution is 5.86. The van der Waals surface area contributed by atoms with Gasteiger partial charge in [-0.05, 0) is 39.2 Å². The maximum absolute atomic E-state index is 13.0. The standard InChI is InChI=1S/C19H28N4O4/c1-14-11-15(2)23(18(26)20-14)12-16(24)22-8-6-19(13-22)5-4-7-21(17(19)25)9-10-27-3/h11H,4-10,12-13H2,1-3H3/t19-/m0/s1. The zero-order valence-corrected chi connectivity index (χ0v) is 16.4. The Morgan fingerprint density at radius 2 is 2.04 bits per heavy atom. The first-order valence-electron chi connectivity index (χ1n) is 9.47. The third-order valence-electron chi connectivity index (χ3n) is 5.74. The van der Waals surface area contributed by atoms with Crippen molar-refractivity contribution in [1.29, 1.82) is 0 Å². The summed E-state index contributed by atoms with van der Waals surface area (Å²) in [4.78, 5) is 45.4. The quantitative estimate of drug-likeness (QED) is 0.740. The van der Waals surface area contributed by atoms with E-state index in [1.165, 1.54) is 4.57 Å².